The molecule has 3 aromatic carbocycles. The van der Waals surface area contributed by atoms with Gasteiger partial charge in [0.15, 0.2) is 6.61 Å². The fraction of sp³-hybridized carbons (Fsp3) is 0.344. The number of piperidine rings is 1. The van der Waals surface area contributed by atoms with Gasteiger partial charge in [-0.2, -0.15) is 18.3 Å². The number of hydrogen-bond acceptors (Lipinski definition) is 6. The first kappa shape index (κ1) is 31.8. The molecule has 0 radical (unpaired) electrons. The molecule has 0 bridgehead atoms. The number of methoxy groups -OCH3 is 1. The molecule has 2 heterocycles. The number of ether oxygens (including phenoxy) is 3. The maximum Gasteiger partial charge on any atom is 0.422 e. The molecule has 2 amide bonds. The van der Waals surface area contributed by atoms with Crippen LogP contribution in [0.4, 0.5) is 17.6 Å². The first-order chi connectivity index (χ1) is 21.6. The molecule has 1 saturated heterocycles. The number of likely N-dealkylation sites (tertiary alicyclic amines) is 1. The molecular weight excluding hydrogens is 596 g/mol. The van der Waals surface area contributed by atoms with Crippen LogP contribution in [0.25, 0.3) is 10.9 Å². The Morgan fingerprint density at radius 2 is 1.64 bits per heavy atom. The number of aromatic nitrogens is 2. The maximum absolute atomic E-state index is 13.1. The van der Waals surface area contributed by atoms with Crippen LogP contribution in [0, 0.1) is 11.7 Å². The maximum atomic E-state index is 13.1. The second kappa shape index (κ2) is 14.0. The predicted molar refractivity (Wildman–Crippen MR) is 157 cm³/mol. The summed E-state index contributed by atoms with van der Waals surface area (Å²) < 4.78 is 69.6. The lowest BCUT2D eigenvalue weighted by Gasteiger charge is -2.32. The lowest BCUT2D eigenvalue weighted by atomic mass is 9.96. The minimum Gasteiger partial charge on any atom is -0.483 e. The summed E-state index contributed by atoms with van der Waals surface area (Å²) in [4.78, 5) is 27.6. The quantitative estimate of drug-likeness (QED) is 0.166. The molecule has 0 saturated carbocycles. The number of benzene rings is 3. The van der Waals surface area contributed by atoms with Gasteiger partial charge in [-0.15, -0.1) is 0 Å². The van der Waals surface area contributed by atoms with Crippen LogP contribution in [0.5, 0.6) is 17.2 Å². The second-order valence-corrected chi connectivity index (χ2v) is 10.7. The van der Waals surface area contributed by atoms with Crippen molar-refractivity contribution < 1.29 is 41.4 Å². The summed E-state index contributed by atoms with van der Waals surface area (Å²) in [7, 11) is 1.47. The monoisotopic (exact) mass is 628 g/mol. The molecule has 0 unspecified atom stereocenters. The number of hydrogen-bond donors (Lipinski definition) is 1. The van der Waals surface area contributed by atoms with Crippen LogP contribution < -0.4 is 14.8 Å². The highest BCUT2D eigenvalue weighted by Gasteiger charge is 2.30. The molecule has 1 aliphatic rings. The van der Waals surface area contributed by atoms with Gasteiger partial charge in [-0.25, -0.2) is 4.39 Å². The van der Waals surface area contributed by atoms with E-state index >= 15 is 0 Å². The van der Waals surface area contributed by atoms with E-state index < -0.39 is 18.7 Å². The fourth-order valence-electron chi connectivity index (χ4n) is 5.13. The van der Waals surface area contributed by atoms with Gasteiger partial charge in [0.05, 0.1) is 23.1 Å². The van der Waals surface area contributed by atoms with Gasteiger partial charge < -0.3 is 24.4 Å². The summed E-state index contributed by atoms with van der Waals surface area (Å²) in [5.41, 5.74) is 0.899. The van der Waals surface area contributed by atoms with Gasteiger partial charge in [0.1, 0.15) is 23.1 Å². The standard InChI is InChI=1S/C32H32F4N4O5/c1-43-17-14-37-30(41)26-10-11-28-27(29(26)44-20-32(34,35)36)19-40(38-28)18-21-12-15-39(16-13-21)31(42)22-2-6-24(7-3-22)45-25-8-4-23(33)5-9-25/h2-11,19,21H,12-18,20H2,1H3,(H,37,41). The van der Waals surface area contributed by atoms with Crippen LogP contribution >= 0.6 is 0 Å². The Balaban J connectivity index is 1.21. The van der Waals surface area contributed by atoms with E-state index in [9.17, 15) is 27.2 Å². The number of fused-ring (bicyclic) bond motifs is 1. The number of carbonyl (C=O) groups is 2. The van der Waals surface area contributed by atoms with Crippen LogP contribution in [0.15, 0.2) is 66.9 Å². The molecular formula is C32H32F4N4O5. The van der Waals surface area contributed by atoms with E-state index in [-0.39, 0.29) is 42.1 Å². The molecule has 13 heteroatoms. The summed E-state index contributed by atoms with van der Waals surface area (Å²) in [5, 5.41) is 7.44. The summed E-state index contributed by atoms with van der Waals surface area (Å²) in [6, 6.07) is 15.4. The average molecular weight is 629 g/mol. The summed E-state index contributed by atoms with van der Waals surface area (Å²) in [5.74, 6) is -0.0410. The number of rotatable bonds is 11. The number of carbonyl (C=O) groups excluding carboxylic acids is 2. The highest BCUT2D eigenvalue weighted by atomic mass is 19.4. The third kappa shape index (κ3) is 8.29. The topological polar surface area (TPSA) is 94.9 Å². The van der Waals surface area contributed by atoms with Gasteiger partial charge in [-0.3, -0.25) is 14.3 Å². The lowest BCUT2D eigenvalue weighted by Crippen LogP contribution is -2.39. The Kier molecular flexibility index (Phi) is 9.87. The zero-order valence-electron chi connectivity index (χ0n) is 24.5. The summed E-state index contributed by atoms with van der Waals surface area (Å²) in [6.45, 7) is 0.430. The van der Waals surface area contributed by atoms with Crippen molar-refractivity contribution in [3.8, 4) is 17.2 Å². The van der Waals surface area contributed by atoms with Crippen molar-refractivity contribution in [2.24, 2.45) is 5.92 Å². The van der Waals surface area contributed by atoms with E-state index in [1.807, 2.05) is 0 Å². The first-order valence-corrected chi connectivity index (χ1v) is 14.4. The van der Waals surface area contributed by atoms with Crippen molar-refractivity contribution in [2.75, 3.05) is 40.0 Å². The smallest absolute Gasteiger partial charge is 0.422 e. The molecule has 45 heavy (non-hydrogen) atoms. The van der Waals surface area contributed by atoms with Crippen LogP contribution in [0.2, 0.25) is 0 Å². The third-order valence-corrected chi connectivity index (χ3v) is 7.40. The Labute approximate surface area is 256 Å². The molecule has 4 aromatic rings. The largest absolute Gasteiger partial charge is 0.483 e. The number of halogens is 4. The Morgan fingerprint density at radius 1 is 0.978 bits per heavy atom. The molecule has 1 fully saturated rings. The van der Waals surface area contributed by atoms with Gasteiger partial charge >= 0.3 is 6.18 Å². The SMILES string of the molecule is COCCNC(=O)c1ccc2nn(CC3CCN(C(=O)c4ccc(Oc5ccc(F)cc5)cc4)CC3)cc2c1OCC(F)(F)F. The van der Waals surface area contributed by atoms with Crippen LogP contribution in [-0.2, 0) is 11.3 Å². The van der Waals surface area contributed by atoms with Crippen molar-refractivity contribution in [1.82, 2.24) is 20.0 Å². The second-order valence-electron chi connectivity index (χ2n) is 10.7. The first-order valence-electron chi connectivity index (χ1n) is 14.4. The molecule has 238 valence electrons. The number of amides is 2. The number of nitrogens with zero attached hydrogens (tertiary/aromatic N) is 3. The predicted octanol–water partition coefficient (Wildman–Crippen LogP) is 5.84. The summed E-state index contributed by atoms with van der Waals surface area (Å²) in [6.07, 6.45) is -1.58. The third-order valence-electron chi connectivity index (χ3n) is 7.40. The van der Waals surface area contributed by atoms with E-state index in [1.165, 1.54) is 37.4 Å². The highest BCUT2D eigenvalue weighted by Crippen LogP contribution is 2.32. The number of nitrogens with one attached hydrogen (secondary N) is 1. The van der Waals surface area contributed by atoms with Crippen molar-refractivity contribution in [1.29, 1.82) is 0 Å². The molecule has 1 N–H and O–H groups in total. The normalized spacial score (nSPS) is 14.0. The Bertz CT molecular complexity index is 1620. The molecule has 1 aliphatic heterocycles. The van der Waals surface area contributed by atoms with Gasteiger partial charge in [0.25, 0.3) is 11.8 Å². The lowest BCUT2D eigenvalue weighted by molar-refractivity contribution is -0.153. The minimum atomic E-state index is -4.59. The van der Waals surface area contributed by atoms with Crippen molar-refractivity contribution in [3.05, 3.63) is 83.8 Å². The van der Waals surface area contributed by atoms with Crippen LogP contribution in [0.1, 0.15) is 33.6 Å². The van der Waals surface area contributed by atoms with Crippen molar-refractivity contribution in [2.45, 2.75) is 25.6 Å². The minimum absolute atomic E-state index is 0.0238. The molecule has 1 aromatic heterocycles. The zero-order valence-corrected chi connectivity index (χ0v) is 24.5. The van der Waals surface area contributed by atoms with E-state index in [1.54, 1.807) is 46.1 Å². The Morgan fingerprint density at radius 3 is 2.29 bits per heavy atom. The summed E-state index contributed by atoms with van der Waals surface area (Å²) >= 11 is 0. The molecule has 0 aliphatic carbocycles. The number of alkyl halides is 3. The highest BCUT2D eigenvalue weighted by molar-refractivity contribution is 6.03. The van der Waals surface area contributed by atoms with E-state index in [2.05, 4.69) is 10.4 Å². The van der Waals surface area contributed by atoms with Crippen molar-refractivity contribution in [3.63, 3.8) is 0 Å². The molecule has 5 rings (SSSR count). The molecule has 0 atom stereocenters. The average Bonchev–Trinajstić information content (AvgIpc) is 3.43. The van der Waals surface area contributed by atoms with Gasteiger partial charge in [-0.05, 0) is 79.4 Å². The van der Waals surface area contributed by atoms with Crippen LogP contribution in [0.3, 0.4) is 0 Å². The molecule has 9 nitrogen and oxygen atoms in total. The molecule has 0 spiro atoms. The van der Waals surface area contributed by atoms with Crippen molar-refractivity contribution >= 4 is 22.7 Å². The van der Waals surface area contributed by atoms with Gasteiger partial charge in [0.2, 0.25) is 0 Å². The van der Waals surface area contributed by atoms with E-state index in [0.717, 1.165) is 0 Å². The fourth-order valence-corrected chi connectivity index (χ4v) is 5.13. The van der Waals surface area contributed by atoms with E-state index in [4.69, 9.17) is 14.2 Å². The van der Waals surface area contributed by atoms with E-state index in [0.29, 0.717) is 60.4 Å². The van der Waals surface area contributed by atoms with Gasteiger partial charge in [0, 0.05) is 45.0 Å². The van der Waals surface area contributed by atoms with Crippen LogP contribution in [-0.4, -0.2) is 72.6 Å². The van der Waals surface area contributed by atoms with Gasteiger partial charge in [-0.1, -0.05) is 0 Å². The Hall–Kier alpha value is -4.65. The zero-order chi connectivity index (χ0) is 32.0.